The molecule has 1 heterocycles. The van der Waals surface area contributed by atoms with E-state index in [1.54, 1.807) is 16.9 Å². The van der Waals surface area contributed by atoms with Gasteiger partial charge in [0.1, 0.15) is 5.69 Å². The van der Waals surface area contributed by atoms with Crippen LogP contribution in [0.2, 0.25) is 0 Å². The number of nitrogens with zero attached hydrogens (tertiary/aromatic N) is 2. The van der Waals surface area contributed by atoms with Gasteiger partial charge in [-0.15, -0.1) is 0 Å². The second kappa shape index (κ2) is 4.07. The fourth-order valence-corrected chi connectivity index (χ4v) is 3.58. The van der Waals surface area contributed by atoms with E-state index < -0.39 is 5.97 Å². The summed E-state index contributed by atoms with van der Waals surface area (Å²) in [6.45, 7) is 0. The van der Waals surface area contributed by atoms with Gasteiger partial charge in [0, 0.05) is 12.2 Å². The highest BCUT2D eigenvalue weighted by molar-refractivity contribution is 5.93. The fourth-order valence-electron chi connectivity index (χ4n) is 3.58. The molecule has 1 aromatic heterocycles. The van der Waals surface area contributed by atoms with Gasteiger partial charge in [-0.25, -0.2) is 0 Å². The molecule has 0 bridgehead atoms. The van der Waals surface area contributed by atoms with Gasteiger partial charge in [0.25, 0.3) is 5.91 Å². The third kappa shape index (κ3) is 1.82. The lowest BCUT2D eigenvalue weighted by Crippen LogP contribution is -2.37. The van der Waals surface area contributed by atoms with Crippen LogP contribution in [0.3, 0.4) is 0 Å². The number of carbonyl (C=O) groups is 2. The van der Waals surface area contributed by atoms with Crippen molar-refractivity contribution in [2.75, 3.05) is 0 Å². The van der Waals surface area contributed by atoms with Crippen LogP contribution in [-0.2, 0) is 4.79 Å². The Labute approximate surface area is 116 Å². The molecule has 0 saturated heterocycles. The molecule has 3 aliphatic rings. The van der Waals surface area contributed by atoms with Crippen molar-refractivity contribution in [1.82, 2.24) is 15.1 Å². The number of aromatic nitrogens is 2. The summed E-state index contributed by atoms with van der Waals surface area (Å²) < 4.78 is 1.79. The van der Waals surface area contributed by atoms with Gasteiger partial charge in [-0.05, 0) is 43.6 Å². The topological polar surface area (TPSA) is 84.2 Å². The number of aliphatic carboxylic acids is 1. The van der Waals surface area contributed by atoms with Crippen molar-refractivity contribution in [3.63, 3.8) is 0 Å². The lowest BCUT2D eigenvalue weighted by Gasteiger charge is -2.16. The molecule has 106 valence electrons. The number of hydrogen-bond donors (Lipinski definition) is 2. The summed E-state index contributed by atoms with van der Waals surface area (Å²) in [7, 11) is 0. The van der Waals surface area contributed by atoms with E-state index in [1.807, 2.05) is 0 Å². The molecule has 0 aromatic carbocycles. The Morgan fingerprint density at radius 1 is 1.30 bits per heavy atom. The number of carboxylic acids is 1. The molecule has 0 spiro atoms. The summed E-state index contributed by atoms with van der Waals surface area (Å²) in [6, 6.07) is 2.12. The molecule has 2 N–H and O–H groups in total. The van der Waals surface area contributed by atoms with Gasteiger partial charge < -0.3 is 10.4 Å². The van der Waals surface area contributed by atoms with Crippen molar-refractivity contribution in [2.24, 2.45) is 17.8 Å². The number of hydrogen-bond acceptors (Lipinski definition) is 3. The molecular formula is C14H17N3O3. The Hall–Kier alpha value is -1.85. The van der Waals surface area contributed by atoms with Crippen LogP contribution in [0.15, 0.2) is 12.3 Å². The molecular weight excluding hydrogens is 258 g/mol. The van der Waals surface area contributed by atoms with E-state index in [9.17, 15) is 9.59 Å². The summed E-state index contributed by atoms with van der Waals surface area (Å²) in [6.07, 6.45) is 5.31. The minimum absolute atomic E-state index is 0.0103. The van der Waals surface area contributed by atoms with E-state index in [0.717, 1.165) is 19.3 Å². The van der Waals surface area contributed by atoms with Crippen molar-refractivity contribution < 1.29 is 14.7 Å². The predicted octanol–water partition coefficient (Wildman–Crippen LogP) is 1.06. The molecule has 20 heavy (non-hydrogen) atoms. The standard InChI is InChI=1S/C14H17N3O3/c18-13(12-3-4-15-17(12)7-1-2-7)16-11-6-10(14(19)20)8-5-9(8)11/h3-4,7-11H,1-2,5-6H2,(H,16,18)(H,19,20)/t8-,9+,10-,11+/m1/s1. The second-order valence-corrected chi connectivity index (χ2v) is 6.22. The first-order chi connectivity index (χ1) is 9.65. The maximum Gasteiger partial charge on any atom is 0.306 e. The van der Waals surface area contributed by atoms with Gasteiger partial charge in [-0.1, -0.05) is 0 Å². The highest BCUT2D eigenvalue weighted by Gasteiger charge is 2.57. The summed E-state index contributed by atoms with van der Waals surface area (Å²) >= 11 is 0. The fraction of sp³-hybridized carbons (Fsp3) is 0.643. The van der Waals surface area contributed by atoms with Crippen LogP contribution in [0.25, 0.3) is 0 Å². The Morgan fingerprint density at radius 3 is 2.75 bits per heavy atom. The minimum Gasteiger partial charge on any atom is -0.481 e. The van der Waals surface area contributed by atoms with E-state index in [4.69, 9.17) is 5.11 Å². The first kappa shape index (κ1) is 11.9. The van der Waals surface area contributed by atoms with Crippen molar-refractivity contribution in [3.05, 3.63) is 18.0 Å². The summed E-state index contributed by atoms with van der Waals surface area (Å²) in [5.41, 5.74) is 0.600. The first-order valence-corrected chi connectivity index (χ1v) is 7.22. The maximum absolute atomic E-state index is 12.3. The van der Waals surface area contributed by atoms with Crippen molar-refractivity contribution >= 4 is 11.9 Å². The Morgan fingerprint density at radius 2 is 2.10 bits per heavy atom. The van der Waals surface area contributed by atoms with E-state index in [2.05, 4.69) is 10.4 Å². The van der Waals surface area contributed by atoms with Crippen molar-refractivity contribution in [2.45, 2.75) is 37.8 Å². The molecule has 3 aliphatic carbocycles. The van der Waals surface area contributed by atoms with Crippen molar-refractivity contribution in [3.8, 4) is 0 Å². The molecule has 1 aromatic rings. The van der Waals surface area contributed by atoms with Gasteiger partial charge in [0.15, 0.2) is 0 Å². The van der Waals surface area contributed by atoms with Gasteiger partial charge in [0.2, 0.25) is 0 Å². The van der Waals surface area contributed by atoms with Gasteiger partial charge in [-0.3, -0.25) is 14.3 Å². The molecule has 3 saturated carbocycles. The zero-order valence-corrected chi connectivity index (χ0v) is 11.0. The number of nitrogens with one attached hydrogen (secondary N) is 1. The van der Waals surface area contributed by atoms with E-state index in [-0.39, 0.29) is 23.8 Å². The quantitative estimate of drug-likeness (QED) is 0.860. The number of carboxylic acid groups (broad SMARTS) is 1. The minimum atomic E-state index is -0.725. The van der Waals surface area contributed by atoms with Crippen LogP contribution in [0.1, 0.15) is 42.2 Å². The van der Waals surface area contributed by atoms with E-state index in [1.165, 1.54) is 0 Å². The maximum atomic E-state index is 12.3. The second-order valence-electron chi connectivity index (χ2n) is 6.22. The first-order valence-electron chi connectivity index (χ1n) is 7.22. The Kier molecular flexibility index (Phi) is 2.43. The van der Waals surface area contributed by atoms with Crippen LogP contribution in [0, 0.1) is 17.8 Å². The van der Waals surface area contributed by atoms with Gasteiger partial charge >= 0.3 is 5.97 Å². The zero-order chi connectivity index (χ0) is 13.9. The summed E-state index contributed by atoms with van der Waals surface area (Å²) in [5, 5.41) is 16.4. The summed E-state index contributed by atoms with van der Waals surface area (Å²) in [4.78, 5) is 23.5. The average Bonchev–Trinajstić information content (AvgIpc) is 3.32. The number of carbonyl (C=O) groups excluding carboxylic acids is 1. The smallest absolute Gasteiger partial charge is 0.306 e. The van der Waals surface area contributed by atoms with Crippen LogP contribution < -0.4 is 5.32 Å². The SMILES string of the molecule is O=C(N[C@H]1C[C@@H](C(=O)O)[C@@H]2C[C@@H]21)c1ccnn1C1CC1. The molecule has 6 heteroatoms. The Bertz CT molecular complexity index is 578. The number of fused-ring (bicyclic) bond motifs is 1. The molecule has 6 nitrogen and oxygen atoms in total. The molecule has 4 atom stereocenters. The highest BCUT2D eigenvalue weighted by Crippen LogP contribution is 2.55. The van der Waals surface area contributed by atoms with Crippen molar-refractivity contribution in [1.29, 1.82) is 0 Å². The summed E-state index contributed by atoms with van der Waals surface area (Å²) in [5.74, 6) is -0.490. The zero-order valence-electron chi connectivity index (χ0n) is 11.0. The predicted molar refractivity (Wildman–Crippen MR) is 69.1 cm³/mol. The lowest BCUT2D eigenvalue weighted by atomic mass is 10.0. The third-order valence-corrected chi connectivity index (χ3v) is 4.86. The normalized spacial score (nSPS) is 34.6. The molecule has 0 aliphatic heterocycles. The molecule has 0 unspecified atom stereocenters. The van der Waals surface area contributed by atoms with Gasteiger partial charge in [0.05, 0.1) is 12.0 Å². The molecule has 0 radical (unpaired) electrons. The number of rotatable bonds is 4. The van der Waals surface area contributed by atoms with Crippen LogP contribution in [-0.4, -0.2) is 32.8 Å². The average molecular weight is 275 g/mol. The van der Waals surface area contributed by atoms with Crippen LogP contribution in [0.5, 0.6) is 0 Å². The monoisotopic (exact) mass is 275 g/mol. The largest absolute Gasteiger partial charge is 0.481 e. The van der Waals surface area contributed by atoms with Crippen LogP contribution in [0.4, 0.5) is 0 Å². The lowest BCUT2D eigenvalue weighted by molar-refractivity contribution is -0.142. The molecule has 1 amide bonds. The highest BCUT2D eigenvalue weighted by atomic mass is 16.4. The molecule has 3 fully saturated rings. The molecule has 4 rings (SSSR count). The number of amides is 1. The third-order valence-electron chi connectivity index (χ3n) is 4.86. The Balaban J connectivity index is 1.46. The van der Waals surface area contributed by atoms with E-state index in [0.29, 0.717) is 24.1 Å². The van der Waals surface area contributed by atoms with Crippen LogP contribution >= 0.6 is 0 Å². The van der Waals surface area contributed by atoms with E-state index >= 15 is 0 Å². The van der Waals surface area contributed by atoms with Gasteiger partial charge in [-0.2, -0.15) is 5.10 Å².